The fourth-order valence-electron chi connectivity index (χ4n) is 2.95. The Morgan fingerprint density at radius 1 is 0.903 bits per heavy atom. The number of nitrogens with one attached hydrogen (secondary N) is 1. The molecule has 31 heavy (non-hydrogen) atoms. The number of amides is 1. The van der Waals surface area contributed by atoms with Gasteiger partial charge in [-0.15, -0.1) is 23.1 Å². The summed E-state index contributed by atoms with van der Waals surface area (Å²) in [6.07, 6.45) is 0. The van der Waals surface area contributed by atoms with Gasteiger partial charge in [0.1, 0.15) is 15.1 Å². The first-order chi connectivity index (χ1) is 15.0. The van der Waals surface area contributed by atoms with Crippen molar-refractivity contribution in [2.75, 3.05) is 19.5 Å². The normalized spacial score (nSPS) is 11.5. The van der Waals surface area contributed by atoms with Crippen LogP contribution in [0.15, 0.2) is 65.6 Å². The van der Waals surface area contributed by atoms with Gasteiger partial charge in [0.15, 0.2) is 0 Å². The standard InChI is InChI=1S/C23H21NO5S2/c1-14-17(22(26)28-2)21(31-18(14)23(27)29-3)24-20(25)19(15-10-6-4-7-11-15)30-16-12-8-5-9-13-16/h4-13,19H,1-3H3,(H,24,25). The number of carbonyl (C=O) groups is 3. The lowest BCUT2D eigenvalue weighted by atomic mass is 10.1. The Balaban J connectivity index is 1.98. The van der Waals surface area contributed by atoms with Crippen molar-refractivity contribution in [1.29, 1.82) is 0 Å². The Kier molecular flexibility index (Phi) is 7.49. The van der Waals surface area contributed by atoms with Crippen LogP contribution in [0.1, 0.15) is 36.4 Å². The third-order valence-corrected chi connectivity index (χ3v) is 6.93. The maximum absolute atomic E-state index is 13.3. The van der Waals surface area contributed by atoms with Gasteiger partial charge in [-0.2, -0.15) is 0 Å². The number of anilines is 1. The third-order valence-electron chi connectivity index (χ3n) is 4.48. The highest BCUT2D eigenvalue weighted by molar-refractivity contribution is 8.00. The molecule has 0 fully saturated rings. The number of ether oxygens (including phenoxy) is 2. The fourth-order valence-corrected chi connectivity index (χ4v) is 5.11. The van der Waals surface area contributed by atoms with Gasteiger partial charge in [0.05, 0.1) is 19.8 Å². The van der Waals surface area contributed by atoms with Crippen molar-refractivity contribution < 1.29 is 23.9 Å². The van der Waals surface area contributed by atoms with E-state index in [0.717, 1.165) is 21.8 Å². The number of thioether (sulfide) groups is 1. The first-order valence-corrected chi connectivity index (χ1v) is 11.0. The molecule has 160 valence electrons. The number of carbonyl (C=O) groups excluding carboxylic acids is 3. The minimum Gasteiger partial charge on any atom is -0.465 e. The molecule has 1 aromatic heterocycles. The molecule has 0 aliphatic rings. The lowest BCUT2D eigenvalue weighted by molar-refractivity contribution is -0.115. The van der Waals surface area contributed by atoms with Gasteiger partial charge in [0, 0.05) is 4.90 Å². The van der Waals surface area contributed by atoms with Gasteiger partial charge in [-0.25, -0.2) is 9.59 Å². The molecule has 0 spiro atoms. The summed E-state index contributed by atoms with van der Waals surface area (Å²) >= 11 is 2.39. The van der Waals surface area contributed by atoms with E-state index in [1.807, 2.05) is 60.7 Å². The van der Waals surface area contributed by atoms with Gasteiger partial charge >= 0.3 is 11.9 Å². The lowest BCUT2D eigenvalue weighted by Crippen LogP contribution is -2.20. The van der Waals surface area contributed by atoms with E-state index < -0.39 is 17.2 Å². The van der Waals surface area contributed by atoms with Gasteiger partial charge < -0.3 is 14.8 Å². The van der Waals surface area contributed by atoms with Crippen molar-refractivity contribution in [2.24, 2.45) is 0 Å². The number of methoxy groups -OCH3 is 2. The van der Waals surface area contributed by atoms with E-state index in [1.54, 1.807) is 6.92 Å². The molecule has 0 aliphatic carbocycles. The minimum absolute atomic E-state index is 0.151. The Bertz CT molecular complexity index is 1080. The number of benzene rings is 2. The molecule has 0 bridgehead atoms. The Labute approximate surface area is 188 Å². The topological polar surface area (TPSA) is 81.7 Å². The lowest BCUT2D eigenvalue weighted by Gasteiger charge is -2.17. The second-order valence-electron chi connectivity index (χ2n) is 6.45. The Hall–Kier alpha value is -3.10. The summed E-state index contributed by atoms with van der Waals surface area (Å²) in [5.41, 5.74) is 1.37. The quantitative estimate of drug-likeness (QED) is 0.394. The predicted molar refractivity (Wildman–Crippen MR) is 122 cm³/mol. The minimum atomic E-state index is -0.633. The summed E-state index contributed by atoms with van der Waals surface area (Å²) in [5, 5.41) is 2.52. The first-order valence-electron chi connectivity index (χ1n) is 9.33. The molecule has 3 rings (SSSR count). The molecule has 1 atom stereocenters. The van der Waals surface area contributed by atoms with E-state index in [-0.39, 0.29) is 21.3 Å². The second kappa shape index (κ2) is 10.3. The zero-order valence-corrected chi connectivity index (χ0v) is 18.8. The van der Waals surface area contributed by atoms with Crippen molar-refractivity contribution in [3.63, 3.8) is 0 Å². The largest absolute Gasteiger partial charge is 0.465 e. The van der Waals surface area contributed by atoms with Crippen LogP contribution in [0.25, 0.3) is 0 Å². The molecule has 3 aromatic rings. The van der Waals surface area contributed by atoms with Crippen LogP contribution in [0.2, 0.25) is 0 Å². The molecule has 0 radical (unpaired) electrons. The zero-order chi connectivity index (χ0) is 22.4. The van der Waals surface area contributed by atoms with Crippen LogP contribution in [0, 0.1) is 6.92 Å². The number of hydrogen-bond donors (Lipinski definition) is 1. The predicted octanol–water partition coefficient (Wildman–Crippen LogP) is 5.10. The van der Waals surface area contributed by atoms with Gasteiger partial charge in [-0.3, -0.25) is 4.79 Å². The van der Waals surface area contributed by atoms with Crippen molar-refractivity contribution in [3.8, 4) is 0 Å². The maximum Gasteiger partial charge on any atom is 0.348 e. The summed E-state index contributed by atoms with van der Waals surface area (Å²) in [7, 11) is 2.51. The van der Waals surface area contributed by atoms with Crippen LogP contribution < -0.4 is 5.32 Å². The summed E-state index contributed by atoms with van der Waals surface area (Å²) < 4.78 is 9.67. The molecule has 1 unspecified atom stereocenters. The van der Waals surface area contributed by atoms with Gasteiger partial charge in [-0.05, 0) is 30.2 Å². The SMILES string of the molecule is COC(=O)c1sc(NC(=O)C(Sc2ccccc2)c2ccccc2)c(C(=O)OC)c1C. The second-order valence-corrected chi connectivity index (χ2v) is 8.65. The molecular formula is C23H21NO5S2. The average Bonchev–Trinajstić information content (AvgIpc) is 3.13. The van der Waals surface area contributed by atoms with Crippen molar-refractivity contribution >= 4 is 45.9 Å². The molecule has 8 heteroatoms. The first kappa shape index (κ1) is 22.6. The zero-order valence-electron chi connectivity index (χ0n) is 17.2. The number of esters is 2. The highest BCUT2D eigenvalue weighted by atomic mass is 32.2. The van der Waals surface area contributed by atoms with E-state index in [9.17, 15) is 14.4 Å². The van der Waals surface area contributed by atoms with E-state index in [0.29, 0.717) is 5.56 Å². The van der Waals surface area contributed by atoms with Crippen LogP contribution in [0.5, 0.6) is 0 Å². The van der Waals surface area contributed by atoms with Gasteiger partial charge in [-0.1, -0.05) is 48.5 Å². The number of hydrogen-bond acceptors (Lipinski definition) is 7. The molecule has 2 aromatic carbocycles. The van der Waals surface area contributed by atoms with Gasteiger partial charge in [0.25, 0.3) is 0 Å². The Morgan fingerprint density at radius 3 is 2.06 bits per heavy atom. The summed E-state index contributed by atoms with van der Waals surface area (Å²) in [4.78, 5) is 39.0. The van der Waals surface area contributed by atoms with Crippen LogP contribution in [-0.2, 0) is 14.3 Å². The monoisotopic (exact) mass is 455 g/mol. The molecule has 0 saturated heterocycles. The highest BCUT2D eigenvalue weighted by Gasteiger charge is 2.29. The highest BCUT2D eigenvalue weighted by Crippen LogP contribution is 2.39. The molecule has 0 aliphatic heterocycles. The van der Waals surface area contributed by atoms with E-state index in [2.05, 4.69) is 5.32 Å². The molecule has 1 N–H and O–H groups in total. The summed E-state index contributed by atoms with van der Waals surface area (Å²) in [6, 6.07) is 18.9. The van der Waals surface area contributed by atoms with Crippen molar-refractivity contribution in [2.45, 2.75) is 17.1 Å². The van der Waals surface area contributed by atoms with E-state index in [4.69, 9.17) is 9.47 Å². The van der Waals surface area contributed by atoms with Crippen molar-refractivity contribution in [1.82, 2.24) is 0 Å². The van der Waals surface area contributed by atoms with Crippen LogP contribution in [-0.4, -0.2) is 32.1 Å². The smallest absolute Gasteiger partial charge is 0.348 e. The van der Waals surface area contributed by atoms with Crippen LogP contribution in [0.3, 0.4) is 0 Å². The molecular weight excluding hydrogens is 434 g/mol. The van der Waals surface area contributed by atoms with E-state index >= 15 is 0 Å². The third kappa shape index (κ3) is 5.15. The summed E-state index contributed by atoms with van der Waals surface area (Å²) in [6.45, 7) is 1.62. The van der Waals surface area contributed by atoms with E-state index in [1.165, 1.54) is 26.0 Å². The number of thiophene rings is 1. The molecule has 1 heterocycles. The average molecular weight is 456 g/mol. The van der Waals surface area contributed by atoms with Gasteiger partial charge in [0.2, 0.25) is 5.91 Å². The fraction of sp³-hybridized carbons (Fsp3) is 0.174. The Morgan fingerprint density at radius 2 is 1.48 bits per heavy atom. The molecule has 0 saturated carbocycles. The van der Waals surface area contributed by atoms with Crippen LogP contribution in [0.4, 0.5) is 5.00 Å². The van der Waals surface area contributed by atoms with Crippen LogP contribution >= 0.6 is 23.1 Å². The molecule has 6 nitrogen and oxygen atoms in total. The number of rotatable bonds is 7. The summed E-state index contributed by atoms with van der Waals surface area (Å²) in [5.74, 6) is -1.53. The molecule has 1 amide bonds. The maximum atomic E-state index is 13.3. The van der Waals surface area contributed by atoms with Crippen molar-refractivity contribution in [3.05, 3.63) is 82.2 Å².